The first-order valence-electron chi connectivity index (χ1n) is 13.4. The zero-order valence-electron chi connectivity index (χ0n) is 22.0. The van der Waals surface area contributed by atoms with Crippen molar-refractivity contribution in [3.8, 4) is 0 Å². The molecule has 0 fully saturated rings. The van der Waals surface area contributed by atoms with Gasteiger partial charge in [0.25, 0.3) is 10.0 Å². The Labute approximate surface area is 234 Å². The summed E-state index contributed by atoms with van der Waals surface area (Å²) in [5, 5.41) is 0.903. The van der Waals surface area contributed by atoms with Crippen LogP contribution in [0.3, 0.4) is 0 Å². The summed E-state index contributed by atoms with van der Waals surface area (Å²) in [6, 6.07) is 44.2. The average Bonchev–Trinajstić information content (AvgIpc) is 3.56. The van der Waals surface area contributed by atoms with Crippen molar-refractivity contribution in [2.75, 3.05) is 0 Å². The van der Waals surface area contributed by atoms with Crippen molar-refractivity contribution in [3.63, 3.8) is 0 Å². The van der Waals surface area contributed by atoms with E-state index < -0.39 is 15.4 Å². The summed E-state index contributed by atoms with van der Waals surface area (Å²) >= 11 is 0. The van der Waals surface area contributed by atoms with Crippen LogP contribution in [0.15, 0.2) is 145 Å². The molecule has 3 nitrogen and oxygen atoms in total. The number of hydrogen-bond donors (Lipinski definition) is 0. The third-order valence-electron chi connectivity index (χ3n) is 8.02. The third kappa shape index (κ3) is 3.53. The lowest BCUT2D eigenvalue weighted by atomic mass is 9.65. The van der Waals surface area contributed by atoms with Crippen LogP contribution in [0.25, 0.3) is 22.6 Å². The molecule has 0 N–H and O–H groups in total. The third-order valence-corrected chi connectivity index (χ3v) is 9.71. The van der Waals surface area contributed by atoms with Gasteiger partial charge in [-0.25, -0.2) is 12.4 Å². The van der Waals surface area contributed by atoms with Gasteiger partial charge >= 0.3 is 0 Å². The highest BCUT2D eigenvalue weighted by Gasteiger charge is 2.47. The smallest absolute Gasteiger partial charge is 0.241 e. The summed E-state index contributed by atoms with van der Waals surface area (Å²) in [6.07, 6.45) is 4.12. The average molecular weight is 538 g/mol. The Hall–Kier alpha value is -4.67. The van der Waals surface area contributed by atoms with Gasteiger partial charge in [0, 0.05) is 11.6 Å². The first-order chi connectivity index (χ1) is 19.5. The molecule has 0 aliphatic heterocycles. The molecule has 0 spiro atoms. The predicted molar refractivity (Wildman–Crippen MR) is 163 cm³/mol. The van der Waals surface area contributed by atoms with E-state index >= 15 is 0 Å². The molecule has 40 heavy (non-hydrogen) atoms. The summed E-state index contributed by atoms with van der Waals surface area (Å²) in [6.45, 7) is 1.96. The van der Waals surface area contributed by atoms with E-state index in [-0.39, 0.29) is 4.90 Å². The van der Waals surface area contributed by atoms with Gasteiger partial charge in [-0.15, -0.1) is 0 Å². The maximum atomic E-state index is 14.2. The Morgan fingerprint density at radius 1 is 0.625 bits per heavy atom. The van der Waals surface area contributed by atoms with E-state index in [1.54, 1.807) is 12.1 Å². The van der Waals surface area contributed by atoms with Crippen LogP contribution in [-0.2, 0) is 15.4 Å². The Balaban J connectivity index is 1.61. The molecule has 0 bridgehead atoms. The van der Waals surface area contributed by atoms with Crippen LogP contribution in [0, 0.1) is 6.92 Å². The van der Waals surface area contributed by atoms with Crippen LogP contribution in [-0.4, -0.2) is 12.4 Å². The number of fused-ring (bicyclic) bond motifs is 2. The molecule has 1 aliphatic rings. The maximum absolute atomic E-state index is 14.2. The largest absolute Gasteiger partial charge is 0.268 e. The van der Waals surface area contributed by atoms with Crippen LogP contribution in [0.4, 0.5) is 0 Å². The summed E-state index contributed by atoms with van der Waals surface area (Å²) < 4.78 is 29.8. The summed E-state index contributed by atoms with van der Waals surface area (Å²) in [7, 11) is -3.86. The van der Waals surface area contributed by atoms with Crippen molar-refractivity contribution < 1.29 is 8.42 Å². The first kappa shape index (κ1) is 24.4. The van der Waals surface area contributed by atoms with Crippen molar-refractivity contribution in [2.45, 2.75) is 17.2 Å². The van der Waals surface area contributed by atoms with E-state index in [0.717, 1.165) is 44.3 Å². The van der Waals surface area contributed by atoms with Crippen molar-refractivity contribution >= 4 is 32.6 Å². The normalized spacial score (nSPS) is 16.6. The lowest BCUT2D eigenvalue weighted by Crippen LogP contribution is -2.29. The van der Waals surface area contributed by atoms with E-state index in [2.05, 4.69) is 78.9 Å². The minimum absolute atomic E-state index is 0.268. The second-order valence-corrected chi connectivity index (χ2v) is 12.1. The molecule has 0 radical (unpaired) electrons. The van der Waals surface area contributed by atoms with E-state index in [4.69, 9.17) is 0 Å². The van der Waals surface area contributed by atoms with Gasteiger partial charge in [0.1, 0.15) is 0 Å². The van der Waals surface area contributed by atoms with Crippen molar-refractivity contribution in [2.24, 2.45) is 0 Å². The van der Waals surface area contributed by atoms with Crippen LogP contribution in [0.1, 0.15) is 33.4 Å². The monoisotopic (exact) mass is 537 g/mol. The number of para-hydroxylation sites is 1. The summed E-state index contributed by atoms with van der Waals surface area (Å²) in [4.78, 5) is 0.268. The standard InChI is InChI=1S/C36H27NO2S/c1-26-20-22-30(23-21-26)40(38,39)37-25-34(31-17-9-11-19-35(31)37)36(29-15-6-3-7-16-29)32-18-10-8-14-28(32)24-33(36)27-12-4-2-5-13-27/h2-25H,1H3/t36-/m1/s1. The molecule has 5 aromatic carbocycles. The molecule has 194 valence electrons. The number of aromatic nitrogens is 1. The van der Waals surface area contributed by atoms with E-state index in [0.29, 0.717) is 5.52 Å². The van der Waals surface area contributed by atoms with Crippen LogP contribution in [0.5, 0.6) is 0 Å². The fraction of sp³-hybridized carbons (Fsp3) is 0.0556. The van der Waals surface area contributed by atoms with Gasteiger partial charge in [0.05, 0.1) is 15.8 Å². The predicted octanol–water partition coefficient (Wildman–Crippen LogP) is 8.08. The highest BCUT2D eigenvalue weighted by atomic mass is 32.2. The first-order valence-corrected chi connectivity index (χ1v) is 14.8. The topological polar surface area (TPSA) is 39.1 Å². The minimum Gasteiger partial charge on any atom is -0.241 e. The Morgan fingerprint density at radius 2 is 1.25 bits per heavy atom. The van der Waals surface area contributed by atoms with E-state index in [1.165, 1.54) is 3.97 Å². The number of allylic oxidation sites excluding steroid dienone is 1. The van der Waals surface area contributed by atoms with Crippen molar-refractivity contribution in [3.05, 3.63) is 173 Å². The number of nitrogens with zero attached hydrogens (tertiary/aromatic N) is 1. The van der Waals surface area contributed by atoms with Gasteiger partial charge in [-0.3, -0.25) is 0 Å². The molecule has 0 amide bonds. The van der Waals surface area contributed by atoms with Crippen LogP contribution in [0.2, 0.25) is 0 Å². The Bertz CT molecular complexity index is 2000. The molecule has 0 unspecified atom stereocenters. The van der Waals surface area contributed by atoms with Gasteiger partial charge in [0.2, 0.25) is 0 Å². The van der Waals surface area contributed by atoms with Gasteiger partial charge < -0.3 is 0 Å². The summed E-state index contributed by atoms with van der Waals surface area (Å²) in [5.41, 5.74) is 7.45. The minimum atomic E-state index is -3.86. The molecule has 6 aromatic rings. The zero-order chi connectivity index (χ0) is 27.3. The fourth-order valence-electron chi connectivity index (χ4n) is 6.21. The Morgan fingerprint density at radius 3 is 2.00 bits per heavy atom. The molecule has 0 saturated carbocycles. The quantitative estimate of drug-likeness (QED) is 0.223. The molecule has 1 atom stereocenters. The van der Waals surface area contributed by atoms with Gasteiger partial charge in [-0.2, -0.15) is 0 Å². The number of hydrogen-bond acceptors (Lipinski definition) is 2. The zero-order valence-corrected chi connectivity index (χ0v) is 22.8. The highest BCUT2D eigenvalue weighted by Crippen LogP contribution is 2.56. The number of benzene rings is 5. The second-order valence-electron chi connectivity index (χ2n) is 10.3. The Kier molecular flexibility index (Phi) is 5.62. The lowest BCUT2D eigenvalue weighted by molar-refractivity contribution is 0.589. The lowest BCUT2D eigenvalue weighted by Gasteiger charge is -2.35. The second kappa shape index (κ2) is 9.22. The van der Waals surface area contributed by atoms with Crippen LogP contribution >= 0.6 is 0 Å². The number of aryl methyl sites for hydroxylation is 1. The van der Waals surface area contributed by atoms with E-state index in [1.807, 2.05) is 61.7 Å². The maximum Gasteiger partial charge on any atom is 0.268 e. The number of rotatable bonds is 5. The SMILES string of the molecule is Cc1ccc(S(=O)(=O)n2cc([C@@]3(c4ccccc4)C(c4ccccc4)=Cc4ccccc43)c3ccccc32)cc1. The molecular formula is C36H27NO2S. The van der Waals surface area contributed by atoms with Crippen molar-refractivity contribution in [1.82, 2.24) is 3.97 Å². The van der Waals surface area contributed by atoms with Crippen molar-refractivity contribution in [1.29, 1.82) is 0 Å². The van der Waals surface area contributed by atoms with Gasteiger partial charge in [-0.05, 0) is 64.6 Å². The molecule has 1 aromatic heterocycles. The van der Waals surface area contributed by atoms with Gasteiger partial charge in [0.15, 0.2) is 0 Å². The van der Waals surface area contributed by atoms with Gasteiger partial charge in [-0.1, -0.05) is 121 Å². The molecule has 1 aliphatic carbocycles. The molecular weight excluding hydrogens is 510 g/mol. The van der Waals surface area contributed by atoms with E-state index in [9.17, 15) is 8.42 Å². The molecule has 7 rings (SSSR count). The molecule has 1 heterocycles. The molecule has 4 heteroatoms. The highest BCUT2D eigenvalue weighted by molar-refractivity contribution is 7.90. The fourth-order valence-corrected chi connectivity index (χ4v) is 7.58. The molecule has 0 saturated heterocycles. The van der Waals surface area contributed by atoms with Crippen LogP contribution < -0.4 is 0 Å². The summed E-state index contributed by atoms with van der Waals surface area (Å²) in [5.74, 6) is 0.